The van der Waals surface area contributed by atoms with Crippen LogP contribution in [0.3, 0.4) is 0 Å². The molecular weight excluding hydrogens is 579 g/mol. The van der Waals surface area contributed by atoms with E-state index in [4.69, 9.17) is 16.3 Å². The van der Waals surface area contributed by atoms with Gasteiger partial charge in [0.25, 0.3) is 0 Å². The maximum Gasteiger partial charge on any atom is 0.487 e. The van der Waals surface area contributed by atoms with Gasteiger partial charge in [-0.25, -0.2) is 4.90 Å². The number of fused-ring (bicyclic) bond motifs is 3. The number of rotatable bonds is 4. The minimum absolute atomic E-state index is 0.00154. The van der Waals surface area contributed by atoms with Crippen LogP contribution in [0.2, 0.25) is 5.02 Å². The van der Waals surface area contributed by atoms with E-state index < -0.39 is 72.0 Å². The zero-order valence-corrected chi connectivity index (χ0v) is 22.1. The highest BCUT2D eigenvalue weighted by molar-refractivity contribution is 6.53. The van der Waals surface area contributed by atoms with E-state index in [0.29, 0.717) is 46.5 Å². The van der Waals surface area contributed by atoms with Crippen molar-refractivity contribution in [2.45, 2.75) is 51.1 Å². The number of imide groups is 1. The molecule has 4 atom stereocenters. The molecular formula is C27H23BClF6NO5. The summed E-state index contributed by atoms with van der Waals surface area (Å²) < 4.78 is 87.1. The van der Waals surface area contributed by atoms with Gasteiger partial charge in [-0.1, -0.05) is 36.6 Å². The molecule has 0 saturated carbocycles. The first-order chi connectivity index (χ1) is 19.1. The highest BCUT2D eigenvalue weighted by atomic mass is 35.5. The molecule has 2 aliphatic heterocycles. The van der Waals surface area contributed by atoms with Crippen molar-refractivity contribution in [2.24, 2.45) is 17.8 Å². The molecule has 41 heavy (non-hydrogen) atoms. The van der Waals surface area contributed by atoms with Crippen LogP contribution in [-0.4, -0.2) is 29.1 Å². The van der Waals surface area contributed by atoms with Crippen molar-refractivity contribution >= 4 is 36.2 Å². The number of alkyl halides is 6. The lowest BCUT2D eigenvalue weighted by atomic mass is 9.54. The molecule has 14 heteroatoms. The smallest absolute Gasteiger partial charge is 0.487 e. The van der Waals surface area contributed by atoms with E-state index in [9.17, 15) is 46.1 Å². The van der Waals surface area contributed by atoms with Crippen molar-refractivity contribution in [1.29, 1.82) is 0 Å². The van der Waals surface area contributed by atoms with Crippen LogP contribution in [0.15, 0.2) is 47.4 Å². The van der Waals surface area contributed by atoms with Crippen LogP contribution >= 0.6 is 11.6 Å². The number of phenols is 1. The fourth-order valence-electron chi connectivity index (χ4n) is 6.25. The SMILES string of the molecule is CCCC1=C2B(O)O[C@H](c3ccc(O)cc3Cl)C[C@H]2[C@H]2C(=O)N(c3cc(C(F)(F)F)cc(C(F)(F)F)c3)C(=O)[C@H]2C1. The summed E-state index contributed by atoms with van der Waals surface area (Å²) >= 11 is 6.29. The molecule has 0 radical (unpaired) electrons. The highest BCUT2D eigenvalue weighted by Gasteiger charge is 2.58. The summed E-state index contributed by atoms with van der Waals surface area (Å²) in [5, 5.41) is 20.9. The summed E-state index contributed by atoms with van der Waals surface area (Å²) in [6.45, 7) is 1.86. The van der Waals surface area contributed by atoms with Crippen molar-refractivity contribution in [2.75, 3.05) is 4.90 Å². The summed E-state index contributed by atoms with van der Waals surface area (Å²) in [5.41, 5.74) is -2.67. The lowest BCUT2D eigenvalue weighted by Crippen LogP contribution is -2.45. The molecule has 2 saturated heterocycles. The number of nitrogens with zero attached hydrogens (tertiary/aromatic N) is 1. The van der Waals surface area contributed by atoms with E-state index in [2.05, 4.69) is 0 Å². The summed E-state index contributed by atoms with van der Waals surface area (Å²) in [6, 6.07) is 4.76. The van der Waals surface area contributed by atoms with Crippen LogP contribution in [0.5, 0.6) is 5.75 Å². The monoisotopic (exact) mass is 601 g/mol. The summed E-state index contributed by atoms with van der Waals surface area (Å²) in [5.74, 6) is -4.98. The lowest BCUT2D eigenvalue weighted by Gasteiger charge is -2.42. The number of allylic oxidation sites excluding steroid dienone is 2. The molecule has 1 aliphatic carbocycles. The topological polar surface area (TPSA) is 87.1 Å². The quantitative estimate of drug-likeness (QED) is 0.238. The number of hydrogen-bond acceptors (Lipinski definition) is 5. The van der Waals surface area contributed by atoms with E-state index >= 15 is 0 Å². The molecule has 0 spiro atoms. The van der Waals surface area contributed by atoms with Crippen LogP contribution in [0.25, 0.3) is 0 Å². The number of carbonyl (C=O) groups is 2. The van der Waals surface area contributed by atoms with Crippen LogP contribution in [0, 0.1) is 17.8 Å². The average molecular weight is 602 g/mol. The van der Waals surface area contributed by atoms with Crippen LogP contribution in [0.1, 0.15) is 55.4 Å². The standard InChI is InChI=1S/C27H23BClF6NO5/c1-2-3-12-6-19-22(18-11-21(41-28(40)23(12)18)17-5-4-16(37)10-20(17)29)25(39)36(24(19)38)15-8-13(26(30,31)32)7-14(9-15)27(33,34)35/h4-5,7-10,18-19,21-22,37,40H,2-3,6,11H2,1H3/t18-,19-,21-,22+/m0/s1. The number of benzene rings is 2. The molecule has 5 rings (SSSR count). The Hall–Kier alpha value is -3.03. The number of aromatic hydroxyl groups is 1. The molecule has 3 aliphatic rings. The fourth-order valence-corrected chi connectivity index (χ4v) is 6.55. The lowest BCUT2D eigenvalue weighted by molar-refractivity contribution is -0.143. The van der Waals surface area contributed by atoms with Crippen molar-refractivity contribution < 1.29 is 50.7 Å². The second kappa shape index (κ2) is 10.4. The van der Waals surface area contributed by atoms with E-state index in [1.54, 1.807) is 0 Å². The van der Waals surface area contributed by atoms with E-state index in [0.717, 1.165) is 0 Å². The summed E-state index contributed by atoms with van der Waals surface area (Å²) in [6.07, 6.45) is -10.1. The van der Waals surface area contributed by atoms with Crippen molar-refractivity contribution in [3.63, 3.8) is 0 Å². The Morgan fingerprint density at radius 1 is 1.00 bits per heavy atom. The summed E-state index contributed by atoms with van der Waals surface area (Å²) in [4.78, 5) is 27.8. The molecule has 0 bridgehead atoms. The number of phenolic OH excluding ortho intramolecular Hbond substituents is 1. The Labute approximate surface area is 235 Å². The molecule has 0 aromatic heterocycles. The molecule has 0 unspecified atom stereocenters. The van der Waals surface area contributed by atoms with Gasteiger partial charge in [0, 0.05) is 5.02 Å². The fraction of sp³-hybridized carbons (Fsp3) is 0.407. The van der Waals surface area contributed by atoms with Crippen molar-refractivity contribution in [3.8, 4) is 5.75 Å². The van der Waals surface area contributed by atoms with Gasteiger partial charge in [0.2, 0.25) is 11.8 Å². The Balaban J connectivity index is 1.59. The molecule has 2 N–H and O–H groups in total. The number of hydrogen-bond donors (Lipinski definition) is 2. The van der Waals surface area contributed by atoms with E-state index in [1.807, 2.05) is 6.92 Å². The number of carbonyl (C=O) groups excluding carboxylic acids is 2. The first-order valence-electron chi connectivity index (χ1n) is 12.8. The molecule has 2 heterocycles. The maximum atomic E-state index is 13.8. The van der Waals surface area contributed by atoms with Gasteiger partial charge in [0.15, 0.2) is 0 Å². The zero-order chi connectivity index (χ0) is 30.0. The largest absolute Gasteiger partial charge is 0.508 e. The molecule has 218 valence electrons. The molecule has 2 aromatic carbocycles. The Bertz CT molecular complexity index is 1410. The molecule has 2 aromatic rings. The van der Waals surface area contributed by atoms with Gasteiger partial charge in [-0.3, -0.25) is 9.59 Å². The van der Waals surface area contributed by atoms with Gasteiger partial charge in [-0.15, -0.1) is 0 Å². The number of halogens is 7. The van der Waals surface area contributed by atoms with Gasteiger partial charge in [-0.2, -0.15) is 26.3 Å². The van der Waals surface area contributed by atoms with Crippen LogP contribution in [-0.2, 0) is 26.6 Å². The van der Waals surface area contributed by atoms with E-state index in [1.165, 1.54) is 18.2 Å². The Morgan fingerprint density at radius 2 is 1.63 bits per heavy atom. The van der Waals surface area contributed by atoms with Crippen molar-refractivity contribution in [3.05, 3.63) is 69.2 Å². The first kappa shape index (κ1) is 29.5. The second-order valence-electron chi connectivity index (χ2n) is 10.4. The van der Waals surface area contributed by atoms with Crippen LogP contribution < -0.4 is 4.90 Å². The maximum absolute atomic E-state index is 13.8. The third-order valence-corrected chi connectivity index (χ3v) is 8.25. The number of anilines is 1. The third-order valence-electron chi connectivity index (χ3n) is 7.92. The van der Waals surface area contributed by atoms with Crippen molar-refractivity contribution in [1.82, 2.24) is 0 Å². The van der Waals surface area contributed by atoms with Crippen LogP contribution in [0.4, 0.5) is 32.0 Å². The third kappa shape index (κ3) is 5.23. The predicted octanol–water partition coefficient (Wildman–Crippen LogP) is 6.49. The van der Waals surface area contributed by atoms with Gasteiger partial charge in [-0.05, 0) is 66.5 Å². The normalized spacial score (nSPS) is 25.1. The molecule has 2 fully saturated rings. The Morgan fingerprint density at radius 3 is 2.20 bits per heavy atom. The van der Waals surface area contributed by atoms with E-state index in [-0.39, 0.29) is 29.7 Å². The average Bonchev–Trinajstić information content (AvgIpc) is 3.12. The van der Waals surface area contributed by atoms with Gasteiger partial charge >= 0.3 is 19.5 Å². The zero-order valence-electron chi connectivity index (χ0n) is 21.4. The highest BCUT2D eigenvalue weighted by Crippen LogP contribution is 2.53. The van der Waals surface area contributed by atoms with Gasteiger partial charge in [0.1, 0.15) is 5.75 Å². The minimum Gasteiger partial charge on any atom is -0.508 e. The Kier molecular flexibility index (Phi) is 7.44. The van der Waals surface area contributed by atoms with Gasteiger partial charge < -0.3 is 14.8 Å². The second-order valence-corrected chi connectivity index (χ2v) is 10.9. The molecule has 6 nitrogen and oxygen atoms in total. The number of amides is 2. The minimum atomic E-state index is -5.17. The first-order valence-corrected chi connectivity index (χ1v) is 13.2. The molecule has 2 amide bonds. The summed E-state index contributed by atoms with van der Waals surface area (Å²) in [7, 11) is -1.49. The van der Waals surface area contributed by atoms with Gasteiger partial charge in [0.05, 0.1) is 34.8 Å². The predicted molar refractivity (Wildman–Crippen MR) is 135 cm³/mol.